The molecule has 9 nitrogen and oxygen atoms in total. The lowest BCUT2D eigenvalue weighted by molar-refractivity contribution is -0.124. The van der Waals surface area contributed by atoms with E-state index in [1.165, 1.54) is 0 Å². The summed E-state index contributed by atoms with van der Waals surface area (Å²) in [4.78, 5) is 41.6. The van der Waals surface area contributed by atoms with Crippen molar-refractivity contribution in [2.75, 3.05) is 51.3 Å². The third kappa shape index (κ3) is 7.15. The molecular formula is C31H49FN6O3. The average Bonchev–Trinajstić information content (AvgIpc) is 3.48. The van der Waals surface area contributed by atoms with E-state index in [4.69, 9.17) is 4.74 Å². The monoisotopic (exact) mass is 572 g/mol. The Morgan fingerprint density at radius 1 is 1.17 bits per heavy atom. The van der Waals surface area contributed by atoms with Crippen molar-refractivity contribution in [1.29, 1.82) is 0 Å². The van der Waals surface area contributed by atoms with Crippen molar-refractivity contribution in [3.05, 3.63) is 30.1 Å². The molecule has 2 aliphatic heterocycles. The van der Waals surface area contributed by atoms with Gasteiger partial charge in [0.05, 0.1) is 31.1 Å². The van der Waals surface area contributed by atoms with Gasteiger partial charge in [-0.1, -0.05) is 26.2 Å². The van der Waals surface area contributed by atoms with E-state index < -0.39 is 0 Å². The maximum absolute atomic E-state index is 15.6. The molecule has 0 bridgehead atoms. The molecule has 0 radical (unpaired) electrons. The summed E-state index contributed by atoms with van der Waals surface area (Å²) in [6.07, 6.45) is 12.1. The summed E-state index contributed by atoms with van der Waals surface area (Å²) in [6.45, 7) is 6.29. The molecule has 228 valence electrons. The number of aromatic amines is 1. The average molecular weight is 573 g/mol. The van der Waals surface area contributed by atoms with Crippen molar-refractivity contribution in [2.45, 2.75) is 77.2 Å². The highest BCUT2D eigenvalue weighted by molar-refractivity contribution is 5.83. The number of hydrogen-bond donors (Lipinski definition) is 2. The molecule has 2 saturated heterocycles. The van der Waals surface area contributed by atoms with Crippen molar-refractivity contribution >= 4 is 17.5 Å². The molecule has 41 heavy (non-hydrogen) atoms. The second kappa shape index (κ2) is 13.4. The van der Waals surface area contributed by atoms with Crippen LogP contribution in [0.25, 0.3) is 11.3 Å². The minimum absolute atomic E-state index is 0. The number of aromatic nitrogens is 3. The Morgan fingerprint density at radius 2 is 1.93 bits per heavy atom. The number of halogens is 1. The van der Waals surface area contributed by atoms with Gasteiger partial charge in [0.2, 0.25) is 5.91 Å². The van der Waals surface area contributed by atoms with Gasteiger partial charge in [0.1, 0.15) is 11.6 Å². The third-order valence-corrected chi connectivity index (χ3v) is 9.30. The largest absolute Gasteiger partial charge is 0.378 e. The molecule has 0 unspecified atom stereocenters. The van der Waals surface area contributed by atoms with Gasteiger partial charge in [-0.25, -0.2) is 14.4 Å². The predicted molar refractivity (Wildman–Crippen MR) is 160 cm³/mol. The SMILES string of the molecule is CCC(=O)CCCCCC[C@H](NC(=O)[C@H]1CC12CCN(C)CC2)c1ncc(-c2ccnc(N3CCOCC3)c2F)[nH]1.[HH].[HH]. The van der Waals surface area contributed by atoms with Crippen LogP contribution in [0.2, 0.25) is 0 Å². The van der Waals surface area contributed by atoms with Crippen LogP contribution in [0.4, 0.5) is 10.2 Å². The van der Waals surface area contributed by atoms with Crippen LogP contribution in [0.3, 0.4) is 0 Å². The number of rotatable bonds is 13. The number of carbonyl (C=O) groups excluding carboxylic acids is 2. The summed E-state index contributed by atoms with van der Waals surface area (Å²) in [6, 6.07) is 1.39. The molecule has 2 aromatic heterocycles. The highest BCUT2D eigenvalue weighted by Crippen LogP contribution is 2.59. The van der Waals surface area contributed by atoms with Gasteiger partial charge < -0.3 is 24.8 Å². The number of imidazole rings is 1. The van der Waals surface area contributed by atoms with Crippen LogP contribution in [0.15, 0.2) is 18.5 Å². The van der Waals surface area contributed by atoms with Crippen LogP contribution in [0.5, 0.6) is 0 Å². The highest BCUT2D eigenvalue weighted by Gasteiger charge is 2.58. The lowest BCUT2D eigenvalue weighted by atomic mass is 9.91. The second-order valence-electron chi connectivity index (χ2n) is 12.1. The van der Waals surface area contributed by atoms with Gasteiger partial charge in [0, 0.05) is 46.5 Å². The van der Waals surface area contributed by atoms with Gasteiger partial charge in [0.25, 0.3) is 0 Å². The van der Waals surface area contributed by atoms with Gasteiger partial charge in [-0.05, 0) is 63.7 Å². The van der Waals surface area contributed by atoms with Gasteiger partial charge in [-0.15, -0.1) is 0 Å². The number of Topliss-reactive ketones (excluding diaryl/α,β-unsaturated/α-hetero) is 1. The van der Waals surface area contributed by atoms with Crippen LogP contribution >= 0.6 is 0 Å². The molecule has 1 saturated carbocycles. The Bertz CT molecular complexity index is 1200. The quantitative estimate of drug-likeness (QED) is 0.320. The number of morpholine rings is 1. The van der Waals surface area contributed by atoms with E-state index in [1.807, 2.05) is 11.8 Å². The summed E-state index contributed by atoms with van der Waals surface area (Å²) in [5, 5.41) is 3.31. The van der Waals surface area contributed by atoms with Crippen molar-refractivity contribution in [1.82, 2.24) is 25.2 Å². The van der Waals surface area contributed by atoms with Gasteiger partial charge in [-0.2, -0.15) is 0 Å². The van der Waals surface area contributed by atoms with E-state index in [9.17, 15) is 9.59 Å². The number of unbranched alkanes of at least 4 members (excludes halogenated alkanes) is 3. The smallest absolute Gasteiger partial charge is 0.224 e. The number of ketones is 1. The number of carbonyl (C=O) groups is 2. The minimum atomic E-state index is -0.381. The first-order chi connectivity index (χ1) is 19.9. The zero-order valence-corrected chi connectivity index (χ0v) is 24.6. The van der Waals surface area contributed by atoms with Crippen molar-refractivity contribution < 1.29 is 21.6 Å². The fourth-order valence-corrected chi connectivity index (χ4v) is 6.37. The van der Waals surface area contributed by atoms with E-state index in [1.54, 1.807) is 18.5 Å². The predicted octanol–water partition coefficient (Wildman–Crippen LogP) is 5.15. The molecule has 1 amide bonds. The maximum atomic E-state index is 15.6. The number of amides is 1. The maximum Gasteiger partial charge on any atom is 0.224 e. The summed E-state index contributed by atoms with van der Waals surface area (Å²) >= 11 is 0. The van der Waals surface area contributed by atoms with E-state index in [0.717, 1.165) is 64.5 Å². The number of likely N-dealkylation sites (tertiary alicyclic amines) is 1. The van der Waals surface area contributed by atoms with Crippen LogP contribution < -0.4 is 10.2 Å². The fraction of sp³-hybridized carbons (Fsp3) is 0.677. The first-order valence-electron chi connectivity index (χ1n) is 15.4. The number of anilines is 1. The fourth-order valence-electron chi connectivity index (χ4n) is 6.37. The van der Waals surface area contributed by atoms with Crippen molar-refractivity contribution in [2.24, 2.45) is 11.3 Å². The number of pyridine rings is 1. The topological polar surface area (TPSA) is 103 Å². The number of nitrogens with one attached hydrogen (secondary N) is 2. The molecule has 0 aromatic carbocycles. The summed E-state index contributed by atoms with van der Waals surface area (Å²) in [5.41, 5.74) is 1.14. The Hall–Kier alpha value is -2.85. The van der Waals surface area contributed by atoms with Crippen LogP contribution in [0.1, 0.15) is 85.9 Å². The lowest BCUT2D eigenvalue weighted by Gasteiger charge is -2.30. The Kier molecular flexibility index (Phi) is 9.70. The molecule has 2 N–H and O–H groups in total. The molecule has 2 aromatic rings. The van der Waals surface area contributed by atoms with Crippen molar-refractivity contribution in [3.8, 4) is 11.3 Å². The number of nitrogens with zero attached hydrogens (tertiary/aromatic N) is 4. The zero-order chi connectivity index (χ0) is 28.8. The molecule has 3 fully saturated rings. The molecule has 3 aliphatic rings. The van der Waals surface area contributed by atoms with Gasteiger partial charge >= 0.3 is 0 Å². The Morgan fingerprint density at radius 3 is 2.68 bits per heavy atom. The third-order valence-electron chi connectivity index (χ3n) is 9.30. The number of ether oxygens (including phenoxy) is 1. The Balaban J connectivity index is 0.00000253. The normalized spacial score (nSPS) is 21.1. The zero-order valence-electron chi connectivity index (χ0n) is 24.6. The molecule has 1 aliphatic carbocycles. The van der Waals surface area contributed by atoms with Crippen molar-refractivity contribution in [3.63, 3.8) is 0 Å². The van der Waals surface area contributed by atoms with Crippen LogP contribution in [0, 0.1) is 17.2 Å². The number of H-pyrrole nitrogens is 1. The summed E-state index contributed by atoms with van der Waals surface area (Å²) in [5.74, 6) is 1.07. The molecule has 1 spiro atoms. The molecule has 2 atom stereocenters. The van der Waals surface area contributed by atoms with Gasteiger partial charge in [-0.3, -0.25) is 9.59 Å². The second-order valence-corrected chi connectivity index (χ2v) is 12.1. The lowest BCUT2D eigenvalue weighted by Crippen LogP contribution is -2.37. The van der Waals surface area contributed by atoms with E-state index in [2.05, 4.69) is 32.2 Å². The van der Waals surface area contributed by atoms with E-state index in [-0.39, 0.29) is 32.0 Å². The van der Waals surface area contributed by atoms with E-state index >= 15 is 4.39 Å². The Labute approximate surface area is 245 Å². The molecule has 4 heterocycles. The van der Waals surface area contributed by atoms with Gasteiger partial charge in [0.15, 0.2) is 11.6 Å². The van der Waals surface area contributed by atoms with Crippen LogP contribution in [-0.4, -0.2) is 78.0 Å². The van der Waals surface area contributed by atoms with E-state index in [0.29, 0.717) is 67.8 Å². The highest BCUT2D eigenvalue weighted by atomic mass is 19.1. The number of hydrogen-bond acceptors (Lipinski definition) is 7. The summed E-state index contributed by atoms with van der Waals surface area (Å²) < 4.78 is 21.0. The first kappa shape index (κ1) is 29.6. The van der Waals surface area contributed by atoms with Crippen LogP contribution in [-0.2, 0) is 14.3 Å². The molecular weight excluding hydrogens is 523 g/mol. The number of piperidine rings is 1. The summed E-state index contributed by atoms with van der Waals surface area (Å²) in [7, 11) is 2.14. The first-order valence-corrected chi connectivity index (χ1v) is 15.4. The minimum Gasteiger partial charge on any atom is -0.378 e. The molecule has 10 heteroatoms. The molecule has 5 rings (SSSR count). The standard InChI is InChI=1S/C31H45FN6O3.2H2/c1-3-22(39)8-6-4-5-7-9-25(36-30(40)24-20-31(24)11-14-37(2)15-12-31)28-34-21-26(35-28)23-10-13-33-29(27(23)32)38-16-18-41-19-17-38;;/h10,13,21,24-25H,3-9,11-12,14-20H2,1-2H3,(H,34,35)(H,36,40);2*1H/t24-,25+;;/m1../s1.